The Balaban J connectivity index is 1.90. The Kier molecular flexibility index (Phi) is 5.99. The van der Waals surface area contributed by atoms with Crippen LogP contribution in [0.4, 0.5) is 13.2 Å². The van der Waals surface area contributed by atoms with E-state index in [4.69, 9.17) is 14.2 Å². The fourth-order valence-electron chi connectivity index (χ4n) is 2.82. The van der Waals surface area contributed by atoms with E-state index < -0.39 is 23.3 Å². The molecule has 0 aliphatic carbocycles. The van der Waals surface area contributed by atoms with Crippen LogP contribution in [-0.4, -0.2) is 34.8 Å². The van der Waals surface area contributed by atoms with E-state index in [2.05, 4.69) is 10.1 Å². The van der Waals surface area contributed by atoms with Crippen molar-refractivity contribution in [3.63, 3.8) is 0 Å². The third-order valence-electron chi connectivity index (χ3n) is 4.40. The molecule has 3 aromatic rings. The predicted octanol–water partition coefficient (Wildman–Crippen LogP) is 4.59. The van der Waals surface area contributed by atoms with Gasteiger partial charge in [-0.05, 0) is 45.0 Å². The number of carbonyl (C=O) groups excluding carboxylic acids is 1. The number of aromatic nitrogens is 3. The van der Waals surface area contributed by atoms with Crippen LogP contribution in [0.1, 0.15) is 35.8 Å². The largest absolute Gasteiger partial charge is 0.503 e. The number of hydrogen-bond donors (Lipinski definition) is 0. The average Bonchev–Trinajstić information content (AvgIpc) is 3.25. The Hall–Kier alpha value is -3.08. The molecule has 0 radical (unpaired) electrons. The fourth-order valence-corrected chi connectivity index (χ4v) is 3.88. The molecule has 3 rings (SSSR count). The number of methoxy groups -OCH3 is 2. The van der Waals surface area contributed by atoms with Gasteiger partial charge in [-0.25, -0.2) is 9.31 Å². The van der Waals surface area contributed by atoms with Crippen LogP contribution >= 0.6 is 11.3 Å². The van der Waals surface area contributed by atoms with Crippen LogP contribution in [0.5, 0.6) is 5.75 Å². The van der Waals surface area contributed by atoms with Gasteiger partial charge in [-0.2, -0.15) is 18.2 Å². The molecule has 0 unspecified atom stereocenters. The Morgan fingerprint density at radius 2 is 1.81 bits per heavy atom. The van der Waals surface area contributed by atoms with Crippen LogP contribution in [0.25, 0.3) is 10.5 Å². The molecule has 0 N–H and O–H groups in total. The van der Waals surface area contributed by atoms with Crippen LogP contribution in [0.3, 0.4) is 0 Å². The van der Waals surface area contributed by atoms with Crippen molar-refractivity contribution in [3.05, 3.63) is 52.5 Å². The first-order valence-electron chi connectivity index (χ1n) is 9.02. The SMILES string of the molecule is CO/C=C(\C(=O)OC)c1sc2nc(C(C)(C)Oc3ccc(C(F)(F)F)cc3)nn2c1C. The Morgan fingerprint density at radius 1 is 1.16 bits per heavy atom. The number of alkyl halides is 3. The Morgan fingerprint density at radius 3 is 2.32 bits per heavy atom. The maximum absolute atomic E-state index is 12.8. The Labute approximate surface area is 180 Å². The molecule has 0 aliphatic heterocycles. The van der Waals surface area contributed by atoms with E-state index in [9.17, 15) is 18.0 Å². The first-order chi connectivity index (χ1) is 14.5. The Bertz CT molecular complexity index is 1130. The van der Waals surface area contributed by atoms with Gasteiger partial charge in [-0.15, -0.1) is 5.10 Å². The summed E-state index contributed by atoms with van der Waals surface area (Å²) < 4.78 is 55.5. The summed E-state index contributed by atoms with van der Waals surface area (Å²) in [4.78, 5) is 17.7. The first-order valence-corrected chi connectivity index (χ1v) is 9.84. The van der Waals surface area contributed by atoms with Crippen LogP contribution < -0.4 is 4.74 Å². The molecule has 1 aromatic carbocycles. The molecule has 2 heterocycles. The maximum Gasteiger partial charge on any atom is 0.416 e. The van der Waals surface area contributed by atoms with Gasteiger partial charge in [0, 0.05) is 0 Å². The highest BCUT2D eigenvalue weighted by molar-refractivity contribution is 7.18. The molecule has 31 heavy (non-hydrogen) atoms. The lowest BCUT2D eigenvalue weighted by molar-refractivity contribution is -0.137. The summed E-state index contributed by atoms with van der Waals surface area (Å²) in [6.45, 7) is 5.20. The summed E-state index contributed by atoms with van der Waals surface area (Å²) in [5.41, 5.74) is -0.891. The van der Waals surface area contributed by atoms with E-state index in [1.165, 1.54) is 44.0 Å². The summed E-state index contributed by atoms with van der Waals surface area (Å²) in [5.74, 6) is 0.0360. The standard InChI is InChI=1S/C20H20F3N3O4S/c1-11-15(14(10-28-4)16(27)29-5)31-18-24-17(25-26(11)18)19(2,3)30-13-8-6-12(7-9-13)20(21,22)23/h6-10H,1-5H3/b14-10-. The molecule has 0 amide bonds. The van der Waals surface area contributed by atoms with Gasteiger partial charge in [-0.3, -0.25) is 0 Å². The molecule has 11 heteroatoms. The number of nitrogens with zero attached hydrogens (tertiary/aromatic N) is 3. The molecule has 0 atom stereocenters. The number of thiazole rings is 1. The number of benzene rings is 1. The van der Waals surface area contributed by atoms with Crippen molar-refractivity contribution < 1.29 is 32.2 Å². The van der Waals surface area contributed by atoms with Crippen molar-refractivity contribution in [2.75, 3.05) is 14.2 Å². The molecule has 0 aliphatic rings. The molecule has 7 nitrogen and oxygen atoms in total. The number of carbonyl (C=O) groups is 1. The van der Waals surface area contributed by atoms with Crippen LogP contribution in [0, 0.1) is 6.92 Å². The van der Waals surface area contributed by atoms with Gasteiger partial charge in [0.1, 0.15) is 11.3 Å². The molecule has 166 valence electrons. The summed E-state index contributed by atoms with van der Waals surface area (Å²) in [6, 6.07) is 4.42. The number of hydrogen-bond acceptors (Lipinski definition) is 7. The lowest BCUT2D eigenvalue weighted by atomic mass is 10.1. The minimum atomic E-state index is -4.42. The number of rotatable bonds is 6. The third-order valence-corrected chi connectivity index (χ3v) is 5.56. The highest BCUT2D eigenvalue weighted by Gasteiger charge is 2.32. The average molecular weight is 455 g/mol. The monoisotopic (exact) mass is 455 g/mol. The number of ether oxygens (including phenoxy) is 3. The summed E-state index contributed by atoms with van der Waals surface area (Å²) in [5, 5.41) is 4.48. The summed E-state index contributed by atoms with van der Waals surface area (Å²) >= 11 is 1.22. The molecular weight excluding hydrogens is 435 g/mol. The van der Waals surface area contributed by atoms with Crippen LogP contribution in [0.2, 0.25) is 0 Å². The van der Waals surface area contributed by atoms with Crippen LogP contribution in [-0.2, 0) is 26.0 Å². The minimum absolute atomic E-state index is 0.238. The van der Waals surface area contributed by atoms with E-state index in [-0.39, 0.29) is 11.3 Å². The summed E-state index contributed by atoms with van der Waals surface area (Å²) in [7, 11) is 2.70. The highest BCUT2D eigenvalue weighted by atomic mass is 32.1. The number of fused-ring (bicyclic) bond motifs is 1. The van der Waals surface area contributed by atoms with Crippen molar-refractivity contribution in [3.8, 4) is 5.75 Å². The summed E-state index contributed by atoms with van der Waals surface area (Å²) in [6.07, 6.45) is -3.12. The van der Waals surface area contributed by atoms with Crippen molar-refractivity contribution in [2.24, 2.45) is 0 Å². The molecule has 0 saturated carbocycles. The smallest absolute Gasteiger partial charge is 0.416 e. The van der Waals surface area contributed by atoms with Crippen LogP contribution in [0.15, 0.2) is 30.5 Å². The molecule has 0 fully saturated rings. The lowest BCUT2D eigenvalue weighted by Crippen LogP contribution is -2.27. The first kappa shape index (κ1) is 22.6. The van der Waals surface area contributed by atoms with E-state index in [1.54, 1.807) is 25.3 Å². The molecule has 0 saturated heterocycles. The second-order valence-corrected chi connectivity index (χ2v) is 8.02. The van der Waals surface area contributed by atoms with Gasteiger partial charge < -0.3 is 14.2 Å². The van der Waals surface area contributed by atoms with Crippen molar-refractivity contribution >= 4 is 27.8 Å². The van der Waals surface area contributed by atoms with E-state index in [0.717, 1.165) is 12.1 Å². The molecule has 0 spiro atoms. The second kappa shape index (κ2) is 8.22. The van der Waals surface area contributed by atoms with E-state index in [1.807, 2.05) is 0 Å². The van der Waals surface area contributed by atoms with E-state index >= 15 is 0 Å². The zero-order chi connectivity index (χ0) is 23.0. The number of halogens is 3. The number of aryl methyl sites for hydroxylation is 1. The minimum Gasteiger partial charge on any atom is -0.503 e. The van der Waals surface area contributed by atoms with Crippen molar-refractivity contribution in [2.45, 2.75) is 32.5 Å². The van der Waals surface area contributed by atoms with Gasteiger partial charge in [0.25, 0.3) is 0 Å². The molecule has 0 bridgehead atoms. The maximum atomic E-state index is 12.8. The molecule has 2 aromatic heterocycles. The van der Waals surface area contributed by atoms with Gasteiger partial charge in [0.05, 0.1) is 36.6 Å². The topological polar surface area (TPSA) is 75.0 Å². The number of esters is 1. The van der Waals surface area contributed by atoms with Gasteiger partial charge in [0.15, 0.2) is 11.4 Å². The van der Waals surface area contributed by atoms with Gasteiger partial charge in [-0.1, -0.05) is 11.3 Å². The zero-order valence-electron chi connectivity index (χ0n) is 17.4. The lowest BCUT2D eigenvalue weighted by Gasteiger charge is -2.23. The second-order valence-electron chi connectivity index (χ2n) is 7.04. The van der Waals surface area contributed by atoms with Gasteiger partial charge >= 0.3 is 12.1 Å². The predicted molar refractivity (Wildman–Crippen MR) is 108 cm³/mol. The fraction of sp³-hybridized carbons (Fsp3) is 0.350. The highest BCUT2D eigenvalue weighted by Crippen LogP contribution is 2.34. The van der Waals surface area contributed by atoms with Crippen molar-refractivity contribution in [1.82, 2.24) is 14.6 Å². The van der Waals surface area contributed by atoms with Crippen molar-refractivity contribution in [1.29, 1.82) is 0 Å². The quantitative estimate of drug-likeness (QED) is 0.307. The third kappa shape index (κ3) is 4.50. The van der Waals surface area contributed by atoms with E-state index in [0.29, 0.717) is 21.4 Å². The normalized spacial score (nSPS) is 12.8. The van der Waals surface area contributed by atoms with Gasteiger partial charge in [0.2, 0.25) is 4.96 Å². The zero-order valence-corrected chi connectivity index (χ0v) is 18.2. The molecular formula is C20H20F3N3O4S.